The highest BCUT2D eigenvalue weighted by molar-refractivity contribution is 5.75. The van der Waals surface area contributed by atoms with Crippen molar-refractivity contribution in [3.8, 4) is 0 Å². The van der Waals surface area contributed by atoms with Gasteiger partial charge in [0, 0.05) is 17.8 Å². The van der Waals surface area contributed by atoms with Gasteiger partial charge in [0.25, 0.3) is 0 Å². The maximum atomic E-state index is 10.0. The molecule has 0 spiro atoms. The van der Waals surface area contributed by atoms with Crippen molar-refractivity contribution in [2.75, 3.05) is 0 Å². The summed E-state index contributed by atoms with van der Waals surface area (Å²) in [4.78, 5) is 4.33. The summed E-state index contributed by atoms with van der Waals surface area (Å²) >= 11 is 0. The van der Waals surface area contributed by atoms with Gasteiger partial charge in [0.2, 0.25) is 0 Å². The van der Waals surface area contributed by atoms with Crippen molar-refractivity contribution in [3.63, 3.8) is 0 Å². The predicted molar refractivity (Wildman–Crippen MR) is 68.4 cm³/mol. The summed E-state index contributed by atoms with van der Waals surface area (Å²) in [5, 5.41) is 14.3. The van der Waals surface area contributed by atoms with Gasteiger partial charge in [0.05, 0.1) is 6.67 Å². The highest BCUT2D eigenvalue weighted by Gasteiger charge is 2.17. The maximum Gasteiger partial charge on any atom is 0.140 e. The zero-order valence-electron chi connectivity index (χ0n) is 10.3. The maximum absolute atomic E-state index is 10.0. The Labute approximate surface area is 101 Å². The van der Waals surface area contributed by atoms with Gasteiger partial charge < -0.3 is 9.67 Å². The van der Waals surface area contributed by atoms with Gasteiger partial charge in [-0.15, -0.1) is 0 Å². The fourth-order valence-corrected chi connectivity index (χ4v) is 1.98. The van der Waals surface area contributed by atoms with E-state index in [0.717, 1.165) is 23.9 Å². The molecule has 0 aliphatic rings. The monoisotopic (exact) mass is 233 g/mol. The first-order valence-electron chi connectivity index (χ1n) is 6.00. The van der Waals surface area contributed by atoms with Crippen molar-refractivity contribution in [2.24, 2.45) is 0 Å². The molecule has 0 aromatic carbocycles. The van der Waals surface area contributed by atoms with E-state index in [-0.39, 0.29) is 0 Å². The van der Waals surface area contributed by atoms with E-state index in [9.17, 15) is 5.11 Å². The van der Waals surface area contributed by atoms with E-state index in [1.54, 1.807) is 13.1 Å². The van der Waals surface area contributed by atoms with Crippen molar-refractivity contribution in [2.45, 2.75) is 39.1 Å². The van der Waals surface area contributed by atoms with Crippen LogP contribution in [-0.4, -0.2) is 20.4 Å². The molecule has 0 aliphatic heterocycles. The summed E-state index contributed by atoms with van der Waals surface area (Å²) in [7, 11) is 0. The number of hydrogen-bond acceptors (Lipinski definition) is 3. The van der Waals surface area contributed by atoms with E-state index in [2.05, 4.69) is 17.2 Å². The van der Waals surface area contributed by atoms with Crippen LogP contribution in [0.2, 0.25) is 0 Å². The quantitative estimate of drug-likeness (QED) is 0.777. The molecule has 0 saturated carbocycles. The van der Waals surface area contributed by atoms with Crippen LogP contribution in [0.1, 0.15) is 26.7 Å². The standard InChI is InChI=1S/C13H19N3O/c1-3-7-13(2,17)15-10-16-9-6-11-5-4-8-14-12(11)16/h4-6,8-9,15,17H,3,7,10H2,1-2H3. The van der Waals surface area contributed by atoms with Crippen LogP contribution in [0.15, 0.2) is 30.6 Å². The minimum absolute atomic E-state index is 0.563. The Morgan fingerprint density at radius 1 is 1.47 bits per heavy atom. The average Bonchev–Trinajstić information content (AvgIpc) is 2.70. The van der Waals surface area contributed by atoms with Crippen LogP contribution in [0.25, 0.3) is 11.0 Å². The highest BCUT2D eigenvalue weighted by atomic mass is 16.3. The average molecular weight is 233 g/mol. The Kier molecular flexibility index (Phi) is 3.45. The molecule has 2 heterocycles. The van der Waals surface area contributed by atoms with E-state index < -0.39 is 5.72 Å². The molecule has 0 bridgehead atoms. The van der Waals surface area contributed by atoms with E-state index in [1.165, 1.54) is 0 Å². The van der Waals surface area contributed by atoms with Gasteiger partial charge in [0.15, 0.2) is 0 Å². The molecule has 0 amide bonds. The largest absolute Gasteiger partial charge is 0.376 e. The number of nitrogens with zero attached hydrogens (tertiary/aromatic N) is 2. The fourth-order valence-electron chi connectivity index (χ4n) is 1.98. The van der Waals surface area contributed by atoms with Crippen molar-refractivity contribution in [3.05, 3.63) is 30.6 Å². The molecule has 4 heteroatoms. The third-order valence-electron chi connectivity index (χ3n) is 2.89. The molecule has 17 heavy (non-hydrogen) atoms. The Balaban J connectivity index is 2.09. The van der Waals surface area contributed by atoms with Crippen LogP contribution < -0.4 is 5.32 Å². The number of aromatic nitrogens is 2. The molecule has 2 N–H and O–H groups in total. The number of hydrogen-bond donors (Lipinski definition) is 2. The molecule has 0 saturated heterocycles. The van der Waals surface area contributed by atoms with Crippen LogP contribution in [0.4, 0.5) is 0 Å². The van der Waals surface area contributed by atoms with Crippen LogP contribution >= 0.6 is 0 Å². The van der Waals surface area contributed by atoms with Crippen LogP contribution in [0, 0.1) is 0 Å². The number of rotatable bonds is 5. The van der Waals surface area contributed by atoms with Gasteiger partial charge in [-0.05, 0) is 31.5 Å². The molecular weight excluding hydrogens is 214 g/mol. The lowest BCUT2D eigenvalue weighted by molar-refractivity contribution is 0.00743. The van der Waals surface area contributed by atoms with Gasteiger partial charge in [-0.1, -0.05) is 13.3 Å². The minimum Gasteiger partial charge on any atom is -0.376 e. The van der Waals surface area contributed by atoms with E-state index >= 15 is 0 Å². The summed E-state index contributed by atoms with van der Waals surface area (Å²) in [6.45, 7) is 4.42. The summed E-state index contributed by atoms with van der Waals surface area (Å²) in [6.07, 6.45) is 5.44. The number of pyridine rings is 1. The van der Waals surface area contributed by atoms with Gasteiger partial charge in [-0.2, -0.15) is 0 Å². The second kappa shape index (κ2) is 4.85. The molecule has 0 fully saturated rings. The molecule has 0 aliphatic carbocycles. The Hall–Kier alpha value is -1.39. The lowest BCUT2D eigenvalue weighted by atomic mass is 10.1. The lowest BCUT2D eigenvalue weighted by Gasteiger charge is -2.24. The molecule has 0 radical (unpaired) electrons. The summed E-state index contributed by atoms with van der Waals surface area (Å²) < 4.78 is 2.00. The topological polar surface area (TPSA) is 50.1 Å². The minimum atomic E-state index is -0.819. The lowest BCUT2D eigenvalue weighted by Crippen LogP contribution is -2.42. The zero-order chi connectivity index (χ0) is 12.3. The molecule has 2 aromatic rings. The Morgan fingerprint density at radius 2 is 2.29 bits per heavy atom. The van der Waals surface area contributed by atoms with Crippen LogP contribution in [-0.2, 0) is 6.67 Å². The van der Waals surface area contributed by atoms with E-state index in [0.29, 0.717) is 6.67 Å². The zero-order valence-corrected chi connectivity index (χ0v) is 10.3. The van der Waals surface area contributed by atoms with Crippen molar-refractivity contribution in [1.82, 2.24) is 14.9 Å². The van der Waals surface area contributed by atoms with Crippen molar-refractivity contribution in [1.29, 1.82) is 0 Å². The Morgan fingerprint density at radius 3 is 3.06 bits per heavy atom. The second-order valence-electron chi connectivity index (χ2n) is 4.56. The SMILES string of the molecule is CCCC(C)(O)NCn1ccc2cccnc21. The van der Waals surface area contributed by atoms with E-state index in [1.807, 2.05) is 29.0 Å². The normalized spacial score (nSPS) is 15.0. The van der Waals surface area contributed by atoms with Gasteiger partial charge >= 0.3 is 0 Å². The van der Waals surface area contributed by atoms with E-state index in [4.69, 9.17) is 0 Å². The summed E-state index contributed by atoms with van der Waals surface area (Å²) in [5.74, 6) is 0. The van der Waals surface area contributed by atoms with Gasteiger partial charge in [0.1, 0.15) is 11.4 Å². The molecule has 92 valence electrons. The third kappa shape index (κ3) is 2.84. The molecule has 4 nitrogen and oxygen atoms in total. The molecular formula is C13H19N3O. The smallest absolute Gasteiger partial charge is 0.140 e. The first-order chi connectivity index (χ1) is 8.12. The summed E-state index contributed by atoms with van der Waals surface area (Å²) in [5.41, 5.74) is 0.118. The molecule has 2 aromatic heterocycles. The molecule has 1 atom stereocenters. The van der Waals surface area contributed by atoms with Crippen molar-refractivity contribution < 1.29 is 5.11 Å². The second-order valence-corrected chi connectivity index (χ2v) is 4.56. The summed E-state index contributed by atoms with van der Waals surface area (Å²) in [6, 6.07) is 5.98. The first-order valence-corrected chi connectivity index (χ1v) is 6.00. The molecule has 1 unspecified atom stereocenters. The fraction of sp³-hybridized carbons (Fsp3) is 0.462. The predicted octanol–water partition coefficient (Wildman–Crippen LogP) is 2.09. The number of nitrogens with one attached hydrogen (secondary N) is 1. The first kappa shape index (κ1) is 12.1. The number of fused-ring (bicyclic) bond motifs is 1. The Bertz CT molecular complexity index is 490. The number of aliphatic hydroxyl groups is 1. The van der Waals surface area contributed by atoms with Crippen LogP contribution in [0.5, 0.6) is 0 Å². The van der Waals surface area contributed by atoms with Gasteiger partial charge in [-0.3, -0.25) is 5.32 Å². The van der Waals surface area contributed by atoms with Crippen LogP contribution in [0.3, 0.4) is 0 Å². The molecule has 2 rings (SSSR count). The highest BCUT2D eigenvalue weighted by Crippen LogP contribution is 2.13. The van der Waals surface area contributed by atoms with Crippen molar-refractivity contribution >= 4 is 11.0 Å². The van der Waals surface area contributed by atoms with Gasteiger partial charge in [-0.25, -0.2) is 4.98 Å². The third-order valence-corrected chi connectivity index (χ3v) is 2.89.